The van der Waals surface area contributed by atoms with Gasteiger partial charge in [0.15, 0.2) is 0 Å². The van der Waals surface area contributed by atoms with Gasteiger partial charge in [0.2, 0.25) is 17.7 Å². The predicted octanol–water partition coefficient (Wildman–Crippen LogP) is -0.194. The Morgan fingerprint density at radius 3 is 2.95 bits per heavy atom. The van der Waals surface area contributed by atoms with Crippen molar-refractivity contribution in [2.75, 3.05) is 6.54 Å². The summed E-state index contributed by atoms with van der Waals surface area (Å²) in [5, 5.41) is 2.20. The van der Waals surface area contributed by atoms with Crippen molar-refractivity contribution in [3.05, 3.63) is 29.6 Å². The van der Waals surface area contributed by atoms with Gasteiger partial charge in [0.1, 0.15) is 12.6 Å². The molecule has 3 amide bonds. The summed E-state index contributed by atoms with van der Waals surface area (Å²) in [5.74, 6) is -1.16. The molecule has 1 aliphatic heterocycles. The number of aryl methyl sites for hydroxylation is 1. The van der Waals surface area contributed by atoms with Crippen molar-refractivity contribution in [1.82, 2.24) is 15.2 Å². The van der Waals surface area contributed by atoms with E-state index in [1.807, 2.05) is 13.0 Å². The Balaban J connectivity index is 2.13. The lowest BCUT2D eigenvalue weighted by molar-refractivity contribution is -0.149. The molecular weight excluding hydrogens is 246 g/mol. The Morgan fingerprint density at radius 2 is 2.26 bits per heavy atom. The van der Waals surface area contributed by atoms with E-state index in [1.165, 1.54) is 4.90 Å². The van der Waals surface area contributed by atoms with Gasteiger partial charge in [-0.1, -0.05) is 6.07 Å². The van der Waals surface area contributed by atoms with E-state index in [0.29, 0.717) is 5.69 Å². The Kier molecular flexibility index (Phi) is 3.59. The van der Waals surface area contributed by atoms with Crippen molar-refractivity contribution in [3.63, 3.8) is 0 Å². The largest absolute Gasteiger partial charge is 0.321 e. The number of amides is 3. The molecule has 1 atom stereocenters. The quantitative estimate of drug-likeness (QED) is 0.748. The first-order valence-corrected chi connectivity index (χ1v) is 6.02. The third kappa shape index (κ3) is 2.78. The number of carbonyl (C=O) groups excluding carboxylic acids is 3. The fourth-order valence-electron chi connectivity index (χ4n) is 1.97. The molecule has 1 aromatic heterocycles. The highest BCUT2D eigenvalue weighted by atomic mass is 16.2. The van der Waals surface area contributed by atoms with Crippen molar-refractivity contribution < 1.29 is 14.4 Å². The van der Waals surface area contributed by atoms with Gasteiger partial charge in [-0.05, 0) is 25.5 Å². The zero-order chi connectivity index (χ0) is 14.0. The molecule has 2 rings (SSSR count). The Labute approximate surface area is 110 Å². The molecule has 19 heavy (non-hydrogen) atoms. The van der Waals surface area contributed by atoms with E-state index in [1.54, 1.807) is 19.2 Å². The molecule has 0 radical (unpaired) electrons. The van der Waals surface area contributed by atoms with E-state index >= 15 is 0 Å². The molecular formula is C13H15N3O3. The number of pyridine rings is 1. The third-order valence-electron chi connectivity index (χ3n) is 3.18. The van der Waals surface area contributed by atoms with Crippen LogP contribution in [-0.2, 0) is 20.8 Å². The van der Waals surface area contributed by atoms with Crippen LogP contribution in [0.1, 0.15) is 18.2 Å². The Hall–Kier alpha value is -2.24. The molecule has 0 spiro atoms. The Bertz CT molecular complexity index is 542. The highest BCUT2D eigenvalue weighted by Crippen LogP contribution is 2.10. The van der Waals surface area contributed by atoms with Crippen LogP contribution in [0.5, 0.6) is 0 Å². The van der Waals surface area contributed by atoms with Crippen LogP contribution in [-0.4, -0.2) is 40.2 Å². The van der Waals surface area contributed by atoms with Gasteiger partial charge in [-0.25, -0.2) is 0 Å². The zero-order valence-electron chi connectivity index (χ0n) is 10.8. The van der Waals surface area contributed by atoms with Crippen molar-refractivity contribution in [2.45, 2.75) is 26.3 Å². The summed E-state index contributed by atoms with van der Waals surface area (Å²) in [5.41, 5.74) is 1.58. The molecule has 0 bridgehead atoms. The molecule has 6 nitrogen and oxygen atoms in total. The summed E-state index contributed by atoms with van der Waals surface area (Å²) in [6.45, 7) is 3.38. The van der Waals surface area contributed by atoms with E-state index < -0.39 is 17.9 Å². The number of hydrogen-bond donors (Lipinski definition) is 1. The molecule has 0 saturated carbocycles. The predicted molar refractivity (Wildman–Crippen MR) is 67.0 cm³/mol. The first-order chi connectivity index (χ1) is 8.99. The molecule has 1 aliphatic rings. The fourth-order valence-corrected chi connectivity index (χ4v) is 1.97. The summed E-state index contributed by atoms with van der Waals surface area (Å²) in [6, 6.07) is 3.03. The molecule has 2 heterocycles. The normalized spacial score (nSPS) is 19.3. The summed E-state index contributed by atoms with van der Waals surface area (Å²) in [4.78, 5) is 40.4. The third-order valence-corrected chi connectivity index (χ3v) is 3.18. The van der Waals surface area contributed by atoms with Gasteiger partial charge in [0, 0.05) is 6.20 Å². The van der Waals surface area contributed by atoms with Gasteiger partial charge in [-0.2, -0.15) is 0 Å². The van der Waals surface area contributed by atoms with Gasteiger partial charge in [0.25, 0.3) is 0 Å². The van der Waals surface area contributed by atoms with E-state index in [0.717, 1.165) is 5.56 Å². The number of aromatic nitrogens is 1. The zero-order valence-corrected chi connectivity index (χ0v) is 10.8. The van der Waals surface area contributed by atoms with Crippen LogP contribution in [0.15, 0.2) is 18.3 Å². The number of nitrogens with one attached hydrogen (secondary N) is 1. The lowest BCUT2D eigenvalue weighted by atomic mass is 10.1. The van der Waals surface area contributed by atoms with Crippen LogP contribution in [0, 0.1) is 6.92 Å². The summed E-state index contributed by atoms with van der Waals surface area (Å²) in [7, 11) is 0. The SMILES string of the molecule is Cc1cccnc1CC(=O)N1CC(=O)NC(=O)C1C. The molecule has 1 N–H and O–H groups in total. The maximum Gasteiger partial charge on any atom is 0.249 e. The molecule has 0 aromatic carbocycles. The lowest BCUT2D eigenvalue weighted by Gasteiger charge is -2.31. The van der Waals surface area contributed by atoms with E-state index in [2.05, 4.69) is 10.3 Å². The number of carbonyl (C=O) groups is 3. The minimum Gasteiger partial charge on any atom is -0.321 e. The van der Waals surface area contributed by atoms with Gasteiger partial charge < -0.3 is 4.90 Å². The second-order valence-corrected chi connectivity index (χ2v) is 4.55. The highest BCUT2D eigenvalue weighted by molar-refractivity contribution is 6.04. The lowest BCUT2D eigenvalue weighted by Crippen LogP contribution is -2.58. The van der Waals surface area contributed by atoms with Gasteiger partial charge in [-0.3, -0.25) is 24.7 Å². The highest BCUT2D eigenvalue weighted by Gasteiger charge is 2.33. The topological polar surface area (TPSA) is 79.4 Å². The number of imide groups is 1. The second-order valence-electron chi connectivity index (χ2n) is 4.55. The van der Waals surface area contributed by atoms with Crippen LogP contribution in [0.2, 0.25) is 0 Å². The summed E-state index contributed by atoms with van der Waals surface area (Å²) >= 11 is 0. The summed E-state index contributed by atoms with van der Waals surface area (Å²) in [6.07, 6.45) is 1.71. The molecule has 1 fully saturated rings. The van der Waals surface area contributed by atoms with Crippen LogP contribution >= 0.6 is 0 Å². The molecule has 0 aliphatic carbocycles. The first kappa shape index (κ1) is 13.2. The number of nitrogens with zero attached hydrogens (tertiary/aromatic N) is 2. The molecule has 100 valence electrons. The van der Waals surface area contributed by atoms with Crippen molar-refractivity contribution in [2.24, 2.45) is 0 Å². The smallest absolute Gasteiger partial charge is 0.249 e. The fraction of sp³-hybridized carbons (Fsp3) is 0.385. The maximum atomic E-state index is 12.2. The molecule has 1 unspecified atom stereocenters. The number of hydrogen-bond acceptors (Lipinski definition) is 4. The summed E-state index contributed by atoms with van der Waals surface area (Å²) < 4.78 is 0. The van der Waals surface area contributed by atoms with Gasteiger partial charge >= 0.3 is 0 Å². The Morgan fingerprint density at radius 1 is 1.53 bits per heavy atom. The maximum absolute atomic E-state index is 12.2. The average molecular weight is 261 g/mol. The average Bonchev–Trinajstić information content (AvgIpc) is 2.36. The minimum absolute atomic E-state index is 0.0857. The van der Waals surface area contributed by atoms with Crippen molar-refractivity contribution in [1.29, 1.82) is 0 Å². The first-order valence-electron chi connectivity index (χ1n) is 6.02. The van der Waals surface area contributed by atoms with Crippen LogP contribution in [0.25, 0.3) is 0 Å². The van der Waals surface area contributed by atoms with Gasteiger partial charge in [-0.15, -0.1) is 0 Å². The minimum atomic E-state index is -0.630. The van der Waals surface area contributed by atoms with E-state index in [-0.39, 0.29) is 18.9 Å². The molecule has 1 aromatic rings. The second kappa shape index (κ2) is 5.17. The van der Waals surface area contributed by atoms with Crippen LogP contribution in [0.4, 0.5) is 0 Å². The standard InChI is InChI=1S/C13H15N3O3/c1-8-4-3-5-14-10(8)6-12(18)16-7-11(17)15-13(19)9(16)2/h3-5,9H,6-7H2,1-2H3,(H,15,17,19). The number of rotatable bonds is 2. The van der Waals surface area contributed by atoms with Crippen molar-refractivity contribution >= 4 is 17.7 Å². The van der Waals surface area contributed by atoms with Gasteiger partial charge in [0.05, 0.1) is 12.1 Å². The van der Waals surface area contributed by atoms with E-state index in [9.17, 15) is 14.4 Å². The monoisotopic (exact) mass is 261 g/mol. The van der Waals surface area contributed by atoms with Crippen molar-refractivity contribution in [3.8, 4) is 0 Å². The molecule has 6 heteroatoms. The van der Waals surface area contributed by atoms with Crippen LogP contribution in [0.3, 0.4) is 0 Å². The van der Waals surface area contributed by atoms with Crippen LogP contribution < -0.4 is 5.32 Å². The number of piperazine rings is 1. The molecule has 1 saturated heterocycles. The van der Waals surface area contributed by atoms with E-state index in [4.69, 9.17) is 0 Å².